The topological polar surface area (TPSA) is 41.6 Å². The summed E-state index contributed by atoms with van der Waals surface area (Å²) >= 11 is 0. The van der Waals surface area contributed by atoms with Crippen molar-refractivity contribution in [2.45, 2.75) is 19.0 Å². The number of hydrogen-bond acceptors (Lipinski definition) is 2. The van der Waals surface area contributed by atoms with E-state index in [4.69, 9.17) is 4.74 Å². The van der Waals surface area contributed by atoms with E-state index in [1.165, 1.54) is 0 Å². The molecule has 1 fully saturated rings. The molecular weight excluding hydrogens is 216 g/mol. The normalized spacial score (nSPS) is 19.0. The minimum absolute atomic E-state index is 0.0376. The van der Waals surface area contributed by atoms with Gasteiger partial charge in [-0.25, -0.2) is 4.79 Å². The predicted molar refractivity (Wildman–Crippen MR) is 65.7 cm³/mol. The van der Waals surface area contributed by atoms with Crippen LogP contribution in [0.4, 0.5) is 4.79 Å². The standard InChI is InChI=1S/C13H18N2O2/c1-15(9-11-5-3-2-4-6-11)13(16)14-12-7-8-17-10-12/h2-6,12H,7-10H2,1H3,(H,14,16). The molecule has 0 aliphatic carbocycles. The van der Waals surface area contributed by atoms with Crippen molar-refractivity contribution in [2.24, 2.45) is 0 Å². The fourth-order valence-electron chi connectivity index (χ4n) is 1.86. The molecule has 1 atom stereocenters. The van der Waals surface area contributed by atoms with Gasteiger partial charge in [-0.2, -0.15) is 0 Å². The Morgan fingerprint density at radius 1 is 1.47 bits per heavy atom. The molecule has 1 unspecified atom stereocenters. The zero-order valence-electron chi connectivity index (χ0n) is 10.1. The number of hydrogen-bond donors (Lipinski definition) is 1. The zero-order chi connectivity index (χ0) is 12.1. The number of carbonyl (C=O) groups is 1. The molecule has 1 heterocycles. The van der Waals surface area contributed by atoms with Crippen molar-refractivity contribution in [3.05, 3.63) is 35.9 Å². The van der Waals surface area contributed by atoms with E-state index < -0.39 is 0 Å². The molecule has 1 aromatic carbocycles. The van der Waals surface area contributed by atoms with Gasteiger partial charge in [-0.15, -0.1) is 0 Å². The highest BCUT2D eigenvalue weighted by Crippen LogP contribution is 2.06. The van der Waals surface area contributed by atoms with Gasteiger partial charge >= 0.3 is 6.03 Å². The minimum Gasteiger partial charge on any atom is -0.379 e. The highest BCUT2D eigenvalue weighted by molar-refractivity contribution is 5.74. The van der Waals surface area contributed by atoms with Gasteiger partial charge in [-0.3, -0.25) is 0 Å². The smallest absolute Gasteiger partial charge is 0.317 e. The Morgan fingerprint density at radius 2 is 2.24 bits per heavy atom. The first-order valence-electron chi connectivity index (χ1n) is 5.89. The van der Waals surface area contributed by atoms with E-state index in [0.717, 1.165) is 18.6 Å². The molecule has 2 rings (SSSR count). The molecule has 0 spiro atoms. The number of ether oxygens (including phenoxy) is 1. The van der Waals surface area contributed by atoms with Crippen LogP contribution in [0, 0.1) is 0 Å². The lowest BCUT2D eigenvalue weighted by Crippen LogP contribution is -2.43. The first kappa shape index (κ1) is 11.9. The van der Waals surface area contributed by atoms with Gasteiger partial charge in [0, 0.05) is 20.2 Å². The maximum Gasteiger partial charge on any atom is 0.317 e. The average Bonchev–Trinajstić information content (AvgIpc) is 2.83. The quantitative estimate of drug-likeness (QED) is 0.863. The number of urea groups is 1. The highest BCUT2D eigenvalue weighted by Gasteiger charge is 2.19. The second-order valence-corrected chi connectivity index (χ2v) is 4.35. The van der Waals surface area contributed by atoms with Gasteiger partial charge in [0.1, 0.15) is 0 Å². The third-order valence-corrected chi connectivity index (χ3v) is 2.87. The van der Waals surface area contributed by atoms with Crippen molar-refractivity contribution in [3.63, 3.8) is 0 Å². The van der Waals surface area contributed by atoms with Crippen molar-refractivity contribution in [1.82, 2.24) is 10.2 Å². The summed E-state index contributed by atoms with van der Waals surface area (Å²) in [5.41, 5.74) is 1.13. The van der Waals surface area contributed by atoms with E-state index >= 15 is 0 Å². The Bertz CT molecular complexity index is 361. The summed E-state index contributed by atoms with van der Waals surface area (Å²) in [6.45, 7) is 2.00. The Morgan fingerprint density at radius 3 is 2.88 bits per heavy atom. The maximum atomic E-state index is 11.9. The summed E-state index contributed by atoms with van der Waals surface area (Å²) in [5, 5.41) is 2.96. The molecule has 1 aromatic rings. The Kier molecular flexibility index (Phi) is 3.98. The summed E-state index contributed by atoms with van der Waals surface area (Å²) in [6.07, 6.45) is 0.908. The van der Waals surface area contributed by atoms with Crippen LogP contribution in [0.3, 0.4) is 0 Å². The lowest BCUT2D eigenvalue weighted by molar-refractivity contribution is 0.181. The SMILES string of the molecule is CN(Cc1ccccc1)C(=O)NC1CCOC1. The van der Waals surface area contributed by atoms with E-state index in [1.54, 1.807) is 11.9 Å². The third-order valence-electron chi connectivity index (χ3n) is 2.87. The molecule has 17 heavy (non-hydrogen) atoms. The second kappa shape index (κ2) is 5.68. The number of amides is 2. The summed E-state index contributed by atoms with van der Waals surface area (Å²) in [4.78, 5) is 13.6. The Balaban J connectivity index is 1.82. The molecule has 1 aliphatic heterocycles. The monoisotopic (exact) mass is 234 g/mol. The fraction of sp³-hybridized carbons (Fsp3) is 0.462. The average molecular weight is 234 g/mol. The van der Waals surface area contributed by atoms with Crippen LogP contribution in [0.1, 0.15) is 12.0 Å². The fourth-order valence-corrected chi connectivity index (χ4v) is 1.86. The molecule has 0 bridgehead atoms. The first-order valence-corrected chi connectivity index (χ1v) is 5.89. The summed E-state index contributed by atoms with van der Waals surface area (Å²) < 4.78 is 5.22. The van der Waals surface area contributed by atoms with Gasteiger partial charge in [0.15, 0.2) is 0 Å². The number of nitrogens with zero attached hydrogens (tertiary/aromatic N) is 1. The van der Waals surface area contributed by atoms with Gasteiger partial charge in [-0.1, -0.05) is 30.3 Å². The van der Waals surface area contributed by atoms with Crippen molar-refractivity contribution in [2.75, 3.05) is 20.3 Å². The third kappa shape index (κ3) is 3.46. The molecule has 4 nitrogen and oxygen atoms in total. The van der Waals surface area contributed by atoms with Gasteiger partial charge < -0.3 is 15.0 Å². The number of carbonyl (C=O) groups excluding carboxylic acids is 1. The second-order valence-electron chi connectivity index (χ2n) is 4.35. The largest absolute Gasteiger partial charge is 0.379 e. The predicted octanol–water partition coefficient (Wildman–Crippen LogP) is 1.62. The van der Waals surface area contributed by atoms with E-state index in [2.05, 4.69) is 5.32 Å². The van der Waals surface area contributed by atoms with Crippen LogP contribution in [0.2, 0.25) is 0 Å². The Labute approximate surface area is 102 Å². The lowest BCUT2D eigenvalue weighted by Gasteiger charge is -2.20. The lowest BCUT2D eigenvalue weighted by atomic mass is 10.2. The molecule has 0 aromatic heterocycles. The van der Waals surface area contributed by atoms with Crippen LogP contribution in [0.15, 0.2) is 30.3 Å². The minimum atomic E-state index is -0.0376. The number of benzene rings is 1. The maximum absolute atomic E-state index is 11.9. The van der Waals surface area contributed by atoms with Crippen molar-refractivity contribution < 1.29 is 9.53 Å². The molecule has 2 amide bonds. The van der Waals surface area contributed by atoms with E-state index in [9.17, 15) is 4.79 Å². The van der Waals surface area contributed by atoms with E-state index in [0.29, 0.717) is 13.2 Å². The molecule has 0 saturated carbocycles. The Hall–Kier alpha value is -1.55. The summed E-state index contributed by atoms with van der Waals surface area (Å²) in [6, 6.07) is 10.1. The molecule has 1 saturated heterocycles. The molecule has 1 aliphatic rings. The molecule has 4 heteroatoms. The molecule has 1 N–H and O–H groups in total. The summed E-state index contributed by atoms with van der Waals surface area (Å²) in [5.74, 6) is 0. The van der Waals surface area contributed by atoms with Crippen LogP contribution < -0.4 is 5.32 Å². The van der Waals surface area contributed by atoms with Crippen LogP contribution in [-0.4, -0.2) is 37.2 Å². The van der Waals surface area contributed by atoms with Gasteiger partial charge in [0.2, 0.25) is 0 Å². The van der Waals surface area contributed by atoms with Gasteiger partial charge in [0.25, 0.3) is 0 Å². The van der Waals surface area contributed by atoms with Gasteiger partial charge in [0.05, 0.1) is 12.6 Å². The van der Waals surface area contributed by atoms with Crippen molar-refractivity contribution in [1.29, 1.82) is 0 Å². The molecule has 92 valence electrons. The first-order chi connectivity index (χ1) is 8.25. The van der Waals surface area contributed by atoms with Crippen molar-refractivity contribution >= 4 is 6.03 Å². The van der Waals surface area contributed by atoms with Gasteiger partial charge in [-0.05, 0) is 12.0 Å². The van der Waals surface area contributed by atoms with E-state index in [1.807, 2.05) is 30.3 Å². The molecular formula is C13H18N2O2. The number of nitrogens with one attached hydrogen (secondary N) is 1. The van der Waals surface area contributed by atoms with E-state index in [-0.39, 0.29) is 12.1 Å². The molecule has 0 radical (unpaired) electrons. The zero-order valence-corrected chi connectivity index (χ0v) is 10.1. The van der Waals surface area contributed by atoms with Crippen LogP contribution in [-0.2, 0) is 11.3 Å². The van der Waals surface area contributed by atoms with Crippen LogP contribution in [0.25, 0.3) is 0 Å². The van der Waals surface area contributed by atoms with Crippen LogP contribution in [0.5, 0.6) is 0 Å². The van der Waals surface area contributed by atoms with Crippen molar-refractivity contribution in [3.8, 4) is 0 Å². The highest BCUT2D eigenvalue weighted by atomic mass is 16.5. The number of rotatable bonds is 3. The van der Waals surface area contributed by atoms with Crippen LogP contribution >= 0.6 is 0 Å². The summed E-state index contributed by atoms with van der Waals surface area (Å²) in [7, 11) is 1.80.